The SMILES string of the molecule is CC(C)(C)c1cccc(Cl)c1-c1cccc2c1oc1ccccc12. The molecule has 0 spiro atoms. The standard InChI is InChI=1S/C22H19ClO/c1-22(2,3)17-11-7-12-18(23)20(17)16-10-6-9-15-14-8-4-5-13-19(14)24-21(15)16/h4-13H,1-3H3. The largest absolute Gasteiger partial charge is 0.455 e. The van der Waals surface area contributed by atoms with Gasteiger partial charge in [0, 0.05) is 26.9 Å². The Bertz CT molecular complexity index is 1050. The molecule has 120 valence electrons. The first-order valence-electron chi connectivity index (χ1n) is 8.16. The van der Waals surface area contributed by atoms with Crippen LogP contribution in [0.5, 0.6) is 0 Å². The number of hydrogen-bond acceptors (Lipinski definition) is 1. The Balaban J connectivity index is 2.12. The van der Waals surface area contributed by atoms with Gasteiger partial charge in [-0.05, 0) is 23.1 Å². The molecule has 0 aliphatic heterocycles. The molecule has 1 heterocycles. The summed E-state index contributed by atoms with van der Waals surface area (Å²) in [5, 5.41) is 3.02. The van der Waals surface area contributed by atoms with Crippen LogP contribution in [0.25, 0.3) is 33.1 Å². The number of hydrogen-bond donors (Lipinski definition) is 0. The summed E-state index contributed by atoms with van der Waals surface area (Å²) >= 11 is 6.63. The zero-order valence-corrected chi connectivity index (χ0v) is 14.8. The first kappa shape index (κ1) is 15.3. The second kappa shape index (κ2) is 5.39. The Morgan fingerprint density at radius 2 is 1.50 bits per heavy atom. The van der Waals surface area contributed by atoms with E-state index in [1.54, 1.807) is 0 Å². The van der Waals surface area contributed by atoms with Crippen molar-refractivity contribution in [2.24, 2.45) is 0 Å². The van der Waals surface area contributed by atoms with Gasteiger partial charge in [0.25, 0.3) is 0 Å². The van der Waals surface area contributed by atoms with E-state index < -0.39 is 0 Å². The molecule has 2 heteroatoms. The summed E-state index contributed by atoms with van der Waals surface area (Å²) in [4.78, 5) is 0. The number of para-hydroxylation sites is 2. The molecule has 24 heavy (non-hydrogen) atoms. The molecule has 4 rings (SSSR count). The van der Waals surface area contributed by atoms with E-state index in [9.17, 15) is 0 Å². The van der Waals surface area contributed by atoms with Crippen LogP contribution in [-0.2, 0) is 5.41 Å². The van der Waals surface area contributed by atoms with Crippen molar-refractivity contribution in [2.45, 2.75) is 26.2 Å². The van der Waals surface area contributed by atoms with Crippen molar-refractivity contribution < 1.29 is 4.42 Å². The van der Waals surface area contributed by atoms with Crippen LogP contribution in [0, 0.1) is 0 Å². The predicted molar refractivity (Wildman–Crippen MR) is 103 cm³/mol. The maximum absolute atomic E-state index is 6.63. The van der Waals surface area contributed by atoms with Crippen molar-refractivity contribution in [2.75, 3.05) is 0 Å². The molecular formula is C22H19ClO. The van der Waals surface area contributed by atoms with Gasteiger partial charge in [0.1, 0.15) is 11.2 Å². The Morgan fingerprint density at radius 3 is 2.29 bits per heavy atom. The highest BCUT2D eigenvalue weighted by Crippen LogP contribution is 2.42. The van der Waals surface area contributed by atoms with Gasteiger partial charge in [-0.2, -0.15) is 0 Å². The van der Waals surface area contributed by atoms with Crippen LogP contribution in [0.1, 0.15) is 26.3 Å². The van der Waals surface area contributed by atoms with Gasteiger partial charge >= 0.3 is 0 Å². The van der Waals surface area contributed by atoms with E-state index in [0.29, 0.717) is 0 Å². The molecule has 0 amide bonds. The maximum Gasteiger partial charge on any atom is 0.143 e. The van der Waals surface area contributed by atoms with Gasteiger partial charge in [-0.1, -0.05) is 80.9 Å². The smallest absolute Gasteiger partial charge is 0.143 e. The minimum Gasteiger partial charge on any atom is -0.455 e. The fourth-order valence-electron chi connectivity index (χ4n) is 3.37. The molecule has 4 aromatic rings. The predicted octanol–water partition coefficient (Wildman–Crippen LogP) is 7.20. The molecular weight excluding hydrogens is 316 g/mol. The first-order chi connectivity index (χ1) is 11.5. The van der Waals surface area contributed by atoms with Crippen LogP contribution in [0.15, 0.2) is 65.1 Å². The summed E-state index contributed by atoms with van der Waals surface area (Å²) in [5.41, 5.74) is 5.15. The minimum absolute atomic E-state index is 0.00554. The molecule has 0 aliphatic carbocycles. The second-order valence-electron chi connectivity index (χ2n) is 7.19. The first-order valence-corrected chi connectivity index (χ1v) is 8.54. The summed E-state index contributed by atoms with van der Waals surface area (Å²) < 4.78 is 6.20. The Labute approximate surface area is 146 Å². The molecule has 0 N–H and O–H groups in total. The van der Waals surface area contributed by atoms with Crippen molar-refractivity contribution >= 4 is 33.5 Å². The van der Waals surface area contributed by atoms with Crippen molar-refractivity contribution in [3.8, 4) is 11.1 Å². The summed E-state index contributed by atoms with van der Waals surface area (Å²) in [6.07, 6.45) is 0. The van der Waals surface area contributed by atoms with Gasteiger partial charge in [-0.25, -0.2) is 0 Å². The van der Waals surface area contributed by atoms with Crippen LogP contribution >= 0.6 is 11.6 Å². The number of fused-ring (bicyclic) bond motifs is 3. The number of halogens is 1. The van der Waals surface area contributed by atoms with Crippen LogP contribution < -0.4 is 0 Å². The lowest BCUT2D eigenvalue weighted by atomic mass is 9.81. The van der Waals surface area contributed by atoms with Crippen LogP contribution in [0.2, 0.25) is 5.02 Å². The van der Waals surface area contributed by atoms with Gasteiger partial charge in [-0.3, -0.25) is 0 Å². The average Bonchev–Trinajstić information content (AvgIpc) is 2.93. The molecule has 0 bridgehead atoms. The summed E-state index contributed by atoms with van der Waals surface area (Å²) in [5.74, 6) is 0. The van der Waals surface area contributed by atoms with Crippen molar-refractivity contribution in [3.05, 3.63) is 71.2 Å². The Hall–Kier alpha value is -2.25. The lowest BCUT2D eigenvalue weighted by Gasteiger charge is -2.24. The van der Waals surface area contributed by atoms with E-state index in [0.717, 1.165) is 38.1 Å². The molecule has 3 aromatic carbocycles. The van der Waals surface area contributed by atoms with Gasteiger partial charge in [0.2, 0.25) is 0 Å². The zero-order valence-electron chi connectivity index (χ0n) is 14.1. The van der Waals surface area contributed by atoms with E-state index in [1.165, 1.54) is 5.56 Å². The monoisotopic (exact) mass is 334 g/mol. The van der Waals surface area contributed by atoms with Gasteiger partial charge < -0.3 is 4.42 Å². The van der Waals surface area contributed by atoms with Crippen molar-refractivity contribution in [1.82, 2.24) is 0 Å². The molecule has 0 atom stereocenters. The van der Waals surface area contributed by atoms with Gasteiger partial charge in [-0.15, -0.1) is 0 Å². The molecule has 0 radical (unpaired) electrons. The zero-order chi connectivity index (χ0) is 16.9. The highest BCUT2D eigenvalue weighted by molar-refractivity contribution is 6.34. The van der Waals surface area contributed by atoms with Crippen molar-refractivity contribution in [1.29, 1.82) is 0 Å². The number of furan rings is 1. The minimum atomic E-state index is -0.00554. The van der Waals surface area contributed by atoms with Crippen LogP contribution in [-0.4, -0.2) is 0 Å². The lowest BCUT2D eigenvalue weighted by molar-refractivity contribution is 0.592. The maximum atomic E-state index is 6.63. The average molecular weight is 335 g/mol. The van der Waals surface area contributed by atoms with E-state index in [2.05, 4.69) is 51.1 Å². The van der Waals surface area contributed by atoms with Crippen LogP contribution in [0.4, 0.5) is 0 Å². The van der Waals surface area contributed by atoms with Crippen LogP contribution in [0.3, 0.4) is 0 Å². The highest BCUT2D eigenvalue weighted by atomic mass is 35.5. The Kier molecular flexibility index (Phi) is 3.43. The fourth-order valence-corrected chi connectivity index (χ4v) is 3.64. The third kappa shape index (κ3) is 2.32. The van der Waals surface area contributed by atoms with E-state index in [4.69, 9.17) is 16.0 Å². The second-order valence-corrected chi connectivity index (χ2v) is 7.60. The summed E-state index contributed by atoms with van der Waals surface area (Å²) in [6.45, 7) is 6.63. The quantitative estimate of drug-likeness (QED) is 0.358. The molecule has 0 saturated carbocycles. The number of benzene rings is 3. The molecule has 0 aliphatic rings. The molecule has 0 fully saturated rings. The van der Waals surface area contributed by atoms with E-state index in [-0.39, 0.29) is 5.41 Å². The molecule has 0 saturated heterocycles. The van der Waals surface area contributed by atoms with Crippen molar-refractivity contribution in [3.63, 3.8) is 0 Å². The third-order valence-corrected chi connectivity index (χ3v) is 4.81. The summed E-state index contributed by atoms with van der Waals surface area (Å²) in [7, 11) is 0. The lowest BCUT2D eigenvalue weighted by Crippen LogP contribution is -2.12. The molecule has 0 unspecified atom stereocenters. The Morgan fingerprint density at radius 1 is 0.792 bits per heavy atom. The summed E-state index contributed by atoms with van der Waals surface area (Å²) in [6, 6.07) is 20.6. The molecule has 1 nitrogen and oxygen atoms in total. The topological polar surface area (TPSA) is 13.1 Å². The third-order valence-electron chi connectivity index (χ3n) is 4.50. The van der Waals surface area contributed by atoms with E-state index >= 15 is 0 Å². The fraction of sp³-hybridized carbons (Fsp3) is 0.182. The van der Waals surface area contributed by atoms with Gasteiger partial charge in [0.15, 0.2) is 0 Å². The highest BCUT2D eigenvalue weighted by Gasteiger charge is 2.23. The normalized spacial score (nSPS) is 12.2. The van der Waals surface area contributed by atoms with E-state index in [1.807, 2.05) is 30.3 Å². The van der Waals surface area contributed by atoms with Gasteiger partial charge in [0.05, 0.1) is 0 Å². The number of rotatable bonds is 1. The molecule has 1 aromatic heterocycles.